The van der Waals surface area contributed by atoms with E-state index in [0.29, 0.717) is 9.35 Å². The number of pyridine rings is 1. The Morgan fingerprint density at radius 2 is 2.18 bits per heavy atom. The van der Waals surface area contributed by atoms with Crippen LogP contribution in [0.4, 0.5) is 24.7 Å². The quantitative estimate of drug-likeness (QED) is 0.708. The maximum absolute atomic E-state index is 12.4. The first-order valence-electron chi connectivity index (χ1n) is 5.78. The van der Waals surface area contributed by atoms with E-state index in [9.17, 15) is 18.0 Å². The van der Waals surface area contributed by atoms with Crippen LogP contribution in [0.2, 0.25) is 0 Å². The van der Waals surface area contributed by atoms with Crippen molar-refractivity contribution in [1.82, 2.24) is 4.98 Å². The number of anilines is 2. The van der Waals surface area contributed by atoms with Crippen molar-refractivity contribution >= 4 is 56.4 Å². The van der Waals surface area contributed by atoms with E-state index in [0.717, 1.165) is 6.20 Å². The Bertz CT molecular complexity index is 690. The number of hydrogen-bond acceptors (Lipinski definition) is 5. The molecule has 0 radical (unpaired) electrons. The van der Waals surface area contributed by atoms with Crippen molar-refractivity contribution in [3.63, 3.8) is 0 Å². The maximum Gasteiger partial charge on any atom is 0.446 e. The van der Waals surface area contributed by atoms with Crippen LogP contribution in [0.25, 0.3) is 0 Å². The number of hydrogen-bond donors (Lipinski definition) is 2. The van der Waals surface area contributed by atoms with Gasteiger partial charge in [0.05, 0.1) is 15.0 Å². The van der Waals surface area contributed by atoms with Crippen LogP contribution in [-0.2, 0) is 0 Å². The fourth-order valence-corrected chi connectivity index (χ4v) is 3.37. The Hall–Kier alpha value is -1.26. The molecule has 0 unspecified atom stereocenters. The Morgan fingerprint density at radius 3 is 2.73 bits per heavy atom. The lowest BCUT2D eigenvalue weighted by atomic mass is 10.3. The lowest BCUT2D eigenvalue weighted by Gasteiger charge is -2.12. The summed E-state index contributed by atoms with van der Waals surface area (Å²) in [5, 5.41) is 7.02. The number of amides is 1. The van der Waals surface area contributed by atoms with E-state index < -0.39 is 11.4 Å². The predicted molar refractivity (Wildman–Crippen MR) is 85.7 cm³/mol. The number of aromatic nitrogens is 1. The number of nitrogens with zero attached hydrogens (tertiary/aromatic N) is 1. The normalized spacial score (nSPS) is 11.3. The SMILES string of the molecule is CNc1ncc(SC(F)(F)F)cc1NC(=O)c1ccsc1Br. The van der Waals surface area contributed by atoms with Crippen molar-refractivity contribution in [2.24, 2.45) is 0 Å². The molecule has 1 amide bonds. The Kier molecular flexibility index (Phi) is 5.35. The number of thiophene rings is 1. The second-order valence-electron chi connectivity index (χ2n) is 3.93. The first kappa shape index (κ1) is 17.1. The minimum Gasteiger partial charge on any atom is -0.371 e. The molecule has 2 N–H and O–H groups in total. The van der Waals surface area contributed by atoms with E-state index in [1.165, 1.54) is 17.4 Å². The second kappa shape index (κ2) is 6.88. The Balaban J connectivity index is 2.26. The minimum atomic E-state index is -4.42. The monoisotopic (exact) mass is 411 g/mol. The molecule has 2 aromatic heterocycles. The highest BCUT2D eigenvalue weighted by Crippen LogP contribution is 2.38. The lowest BCUT2D eigenvalue weighted by Crippen LogP contribution is -2.13. The minimum absolute atomic E-state index is 0.105. The number of alkyl halides is 3. The summed E-state index contributed by atoms with van der Waals surface area (Å²) in [5.41, 5.74) is -3.83. The highest BCUT2D eigenvalue weighted by atomic mass is 79.9. The van der Waals surface area contributed by atoms with E-state index in [2.05, 4.69) is 31.5 Å². The predicted octanol–water partition coefficient (Wildman–Crippen LogP) is 4.81. The number of thioether (sulfide) groups is 1. The van der Waals surface area contributed by atoms with Crippen LogP contribution in [0.1, 0.15) is 10.4 Å². The molecule has 0 aliphatic carbocycles. The Morgan fingerprint density at radius 1 is 1.45 bits per heavy atom. The van der Waals surface area contributed by atoms with E-state index in [-0.39, 0.29) is 28.2 Å². The van der Waals surface area contributed by atoms with Crippen molar-refractivity contribution in [3.05, 3.63) is 33.1 Å². The zero-order chi connectivity index (χ0) is 16.3. The van der Waals surface area contributed by atoms with Crippen LogP contribution >= 0.6 is 39.0 Å². The third-order valence-electron chi connectivity index (χ3n) is 2.44. The third kappa shape index (κ3) is 4.37. The maximum atomic E-state index is 12.4. The van der Waals surface area contributed by atoms with Gasteiger partial charge in [0.2, 0.25) is 0 Å². The van der Waals surface area contributed by atoms with Gasteiger partial charge in [0.1, 0.15) is 5.82 Å². The summed E-state index contributed by atoms with van der Waals surface area (Å²) in [6, 6.07) is 2.85. The van der Waals surface area contributed by atoms with Crippen LogP contribution in [0.15, 0.2) is 32.4 Å². The molecule has 0 fully saturated rings. The van der Waals surface area contributed by atoms with Crippen molar-refractivity contribution in [2.45, 2.75) is 10.4 Å². The number of halogens is 4. The summed E-state index contributed by atoms with van der Waals surface area (Å²) in [5.74, 6) is -0.146. The first-order chi connectivity index (χ1) is 10.3. The van der Waals surface area contributed by atoms with E-state index >= 15 is 0 Å². The fraction of sp³-hybridized carbons (Fsp3) is 0.167. The van der Waals surface area contributed by atoms with Crippen LogP contribution in [0.3, 0.4) is 0 Å². The van der Waals surface area contributed by atoms with E-state index in [1.54, 1.807) is 18.5 Å². The Labute approximate surface area is 140 Å². The number of nitrogens with one attached hydrogen (secondary N) is 2. The van der Waals surface area contributed by atoms with Crippen molar-refractivity contribution in [2.75, 3.05) is 17.7 Å². The van der Waals surface area contributed by atoms with Gasteiger partial charge in [-0.1, -0.05) is 0 Å². The largest absolute Gasteiger partial charge is 0.446 e. The van der Waals surface area contributed by atoms with Gasteiger partial charge in [-0.25, -0.2) is 4.98 Å². The highest BCUT2D eigenvalue weighted by molar-refractivity contribution is 9.11. The zero-order valence-corrected chi connectivity index (χ0v) is 14.2. The molecule has 0 aromatic carbocycles. The molecule has 4 nitrogen and oxygen atoms in total. The molecule has 118 valence electrons. The molecule has 22 heavy (non-hydrogen) atoms. The van der Waals surface area contributed by atoms with Gasteiger partial charge in [0, 0.05) is 18.1 Å². The van der Waals surface area contributed by atoms with Gasteiger partial charge in [0.15, 0.2) is 0 Å². The highest BCUT2D eigenvalue weighted by Gasteiger charge is 2.29. The van der Waals surface area contributed by atoms with Gasteiger partial charge < -0.3 is 10.6 Å². The molecular weight excluding hydrogens is 403 g/mol. The van der Waals surface area contributed by atoms with E-state index in [1.807, 2.05) is 0 Å². The molecule has 10 heteroatoms. The number of carbonyl (C=O) groups is 1. The molecule has 0 spiro atoms. The molecule has 0 aliphatic heterocycles. The summed E-state index contributed by atoms with van der Waals surface area (Å²) in [4.78, 5) is 15.9. The first-order valence-corrected chi connectivity index (χ1v) is 8.27. The molecule has 0 saturated heterocycles. The van der Waals surface area contributed by atoms with Gasteiger partial charge in [-0.05, 0) is 45.2 Å². The van der Waals surface area contributed by atoms with E-state index in [4.69, 9.17) is 0 Å². The zero-order valence-electron chi connectivity index (χ0n) is 11.0. The average Bonchev–Trinajstić information content (AvgIpc) is 2.83. The molecule has 0 saturated carbocycles. The molecule has 2 rings (SSSR count). The summed E-state index contributed by atoms with van der Waals surface area (Å²) >= 11 is 4.29. The fourth-order valence-electron chi connectivity index (χ4n) is 1.57. The summed E-state index contributed by atoms with van der Waals surface area (Å²) in [6.07, 6.45) is 1.10. The van der Waals surface area contributed by atoms with Crippen LogP contribution in [0, 0.1) is 0 Å². The van der Waals surface area contributed by atoms with Crippen LogP contribution in [-0.4, -0.2) is 23.4 Å². The third-order valence-corrected chi connectivity index (χ3v) is 4.82. The van der Waals surface area contributed by atoms with Crippen LogP contribution in [0.5, 0.6) is 0 Å². The second-order valence-corrected chi connectivity index (χ2v) is 7.30. The van der Waals surface area contributed by atoms with Crippen molar-refractivity contribution in [3.8, 4) is 0 Å². The number of rotatable bonds is 4. The average molecular weight is 412 g/mol. The van der Waals surface area contributed by atoms with Gasteiger partial charge in [0.25, 0.3) is 5.91 Å². The topological polar surface area (TPSA) is 54.0 Å². The standard InChI is InChI=1S/C12H9BrF3N3OS2/c1-17-10-8(4-6(5-18-10)22-12(14,15)16)19-11(20)7-2-3-21-9(7)13/h2-5H,1H3,(H,17,18)(H,19,20). The molecule has 0 bridgehead atoms. The molecule has 0 atom stereocenters. The molecule has 0 aliphatic rings. The van der Waals surface area contributed by atoms with Gasteiger partial charge in [-0.2, -0.15) is 13.2 Å². The molecule has 2 heterocycles. The van der Waals surface area contributed by atoms with Gasteiger partial charge in [-0.3, -0.25) is 4.79 Å². The lowest BCUT2D eigenvalue weighted by molar-refractivity contribution is -0.0328. The van der Waals surface area contributed by atoms with Crippen LogP contribution < -0.4 is 10.6 Å². The number of carbonyl (C=O) groups excluding carboxylic acids is 1. The summed E-state index contributed by atoms with van der Waals surface area (Å²) in [7, 11) is 1.56. The smallest absolute Gasteiger partial charge is 0.371 e. The van der Waals surface area contributed by atoms with Crippen molar-refractivity contribution < 1.29 is 18.0 Å². The summed E-state index contributed by atoms with van der Waals surface area (Å²) < 4.78 is 37.9. The van der Waals surface area contributed by atoms with Gasteiger partial charge in [-0.15, -0.1) is 11.3 Å². The molecular formula is C12H9BrF3N3OS2. The van der Waals surface area contributed by atoms with Crippen molar-refractivity contribution in [1.29, 1.82) is 0 Å². The summed E-state index contributed by atoms with van der Waals surface area (Å²) in [6.45, 7) is 0. The molecule has 2 aromatic rings. The van der Waals surface area contributed by atoms with Gasteiger partial charge >= 0.3 is 5.51 Å².